The molecule has 0 radical (unpaired) electrons. The van der Waals surface area contributed by atoms with Crippen molar-refractivity contribution in [3.8, 4) is 5.75 Å². The standard InChI is InChI=1S/C14H17NO3S2/c1-10-8-9-14(19-10)20(17,18)15(3)11(2)12-6-4-5-7-13(12)16/h4-9,11,16H,1-3H3. The normalized spacial score (nSPS) is 13.6. The van der Waals surface area contributed by atoms with Crippen molar-refractivity contribution >= 4 is 21.4 Å². The van der Waals surface area contributed by atoms with Crippen molar-refractivity contribution in [2.75, 3.05) is 7.05 Å². The van der Waals surface area contributed by atoms with Crippen LogP contribution >= 0.6 is 11.3 Å². The number of hydrogen-bond acceptors (Lipinski definition) is 4. The Labute approximate surface area is 123 Å². The van der Waals surface area contributed by atoms with Crippen LogP contribution in [0.15, 0.2) is 40.6 Å². The average molecular weight is 311 g/mol. The molecule has 0 spiro atoms. The predicted molar refractivity (Wildman–Crippen MR) is 80.5 cm³/mol. The van der Waals surface area contributed by atoms with E-state index in [1.54, 1.807) is 43.3 Å². The number of phenols is 1. The van der Waals surface area contributed by atoms with E-state index in [1.165, 1.54) is 22.7 Å². The molecule has 1 atom stereocenters. The number of nitrogens with zero attached hydrogens (tertiary/aromatic N) is 1. The minimum atomic E-state index is -3.54. The Hall–Kier alpha value is -1.37. The van der Waals surface area contributed by atoms with Crippen LogP contribution in [-0.4, -0.2) is 24.9 Å². The van der Waals surface area contributed by atoms with E-state index >= 15 is 0 Å². The summed E-state index contributed by atoms with van der Waals surface area (Å²) in [4.78, 5) is 0.951. The summed E-state index contributed by atoms with van der Waals surface area (Å²) < 4.78 is 26.7. The molecule has 0 amide bonds. The second-order valence-corrected chi connectivity index (χ2v) is 8.13. The molecule has 4 nitrogen and oxygen atoms in total. The van der Waals surface area contributed by atoms with E-state index in [0.717, 1.165) is 4.88 Å². The van der Waals surface area contributed by atoms with Crippen molar-refractivity contribution in [1.82, 2.24) is 4.31 Å². The van der Waals surface area contributed by atoms with E-state index in [4.69, 9.17) is 0 Å². The Morgan fingerprint density at radius 3 is 2.40 bits per heavy atom. The second-order valence-electron chi connectivity index (χ2n) is 4.62. The Morgan fingerprint density at radius 1 is 1.20 bits per heavy atom. The summed E-state index contributed by atoms with van der Waals surface area (Å²) in [5, 5.41) is 9.85. The highest BCUT2D eigenvalue weighted by Crippen LogP contribution is 2.32. The molecule has 0 fully saturated rings. The van der Waals surface area contributed by atoms with Crippen LogP contribution in [0.25, 0.3) is 0 Å². The number of para-hydroxylation sites is 1. The van der Waals surface area contributed by atoms with Gasteiger partial charge in [0.2, 0.25) is 0 Å². The fourth-order valence-electron chi connectivity index (χ4n) is 1.94. The Morgan fingerprint density at radius 2 is 1.85 bits per heavy atom. The number of aromatic hydroxyl groups is 1. The van der Waals surface area contributed by atoms with E-state index in [1.807, 2.05) is 6.92 Å². The van der Waals surface area contributed by atoms with Crippen LogP contribution in [0.2, 0.25) is 0 Å². The van der Waals surface area contributed by atoms with E-state index < -0.39 is 16.1 Å². The number of aryl methyl sites for hydroxylation is 1. The molecule has 1 N–H and O–H groups in total. The minimum absolute atomic E-state index is 0.101. The van der Waals surface area contributed by atoms with Gasteiger partial charge in [0, 0.05) is 17.5 Å². The molecule has 0 aliphatic carbocycles. The third-order valence-electron chi connectivity index (χ3n) is 3.28. The van der Waals surface area contributed by atoms with Crippen molar-refractivity contribution in [3.63, 3.8) is 0 Å². The molecule has 6 heteroatoms. The second kappa shape index (κ2) is 5.55. The highest BCUT2D eigenvalue weighted by Gasteiger charge is 2.28. The molecule has 108 valence electrons. The molecule has 0 aliphatic heterocycles. The average Bonchev–Trinajstić information content (AvgIpc) is 2.85. The van der Waals surface area contributed by atoms with Crippen LogP contribution in [0.4, 0.5) is 0 Å². The van der Waals surface area contributed by atoms with Gasteiger partial charge in [-0.15, -0.1) is 11.3 Å². The zero-order valence-corrected chi connectivity index (χ0v) is 13.2. The van der Waals surface area contributed by atoms with E-state index in [-0.39, 0.29) is 5.75 Å². The minimum Gasteiger partial charge on any atom is -0.508 e. The fourth-order valence-corrected chi connectivity index (χ4v) is 4.75. The summed E-state index contributed by atoms with van der Waals surface area (Å²) in [5.41, 5.74) is 0.590. The zero-order chi connectivity index (χ0) is 14.9. The summed E-state index contributed by atoms with van der Waals surface area (Å²) in [6.07, 6.45) is 0. The topological polar surface area (TPSA) is 57.6 Å². The van der Waals surface area contributed by atoms with E-state index in [0.29, 0.717) is 9.77 Å². The Kier molecular flexibility index (Phi) is 4.17. The first-order chi connectivity index (χ1) is 9.34. The lowest BCUT2D eigenvalue weighted by molar-refractivity contribution is 0.382. The molecule has 2 rings (SSSR count). The third kappa shape index (κ3) is 2.72. The van der Waals surface area contributed by atoms with Gasteiger partial charge in [0.15, 0.2) is 0 Å². The summed E-state index contributed by atoms with van der Waals surface area (Å²) in [6, 6.07) is 9.74. The van der Waals surface area contributed by atoms with E-state index in [2.05, 4.69) is 0 Å². The molecule has 0 bridgehead atoms. The predicted octanol–water partition coefficient (Wildman–Crippen LogP) is 3.14. The van der Waals surface area contributed by atoms with E-state index in [9.17, 15) is 13.5 Å². The summed E-state index contributed by atoms with van der Waals surface area (Å²) in [6.45, 7) is 3.63. The number of rotatable bonds is 4. The number of hydrogen-bond donors (Lipinski definition) is 1. The maximum absolute atomic E-state index is 12.5. The fraction of sp³-hybridized carbons (Fsp3) is 0.286. The van der Waals surface area contributed by atoms with Crippen LogP contribution < -0.4 is 0 Å². The molecule has 1 unspecified atom stereocenters. The van der Waals surface area contributed by atoms with Crippen LogP contribution in [0.5, 0.6) is 5.75 Å². The van der Waals surface area contributed by atoms with Crippen molar-refractivity contribution < 1.29 is 13.5 Å². The van der Waals surface area contributed by atoms with Crippen LogP contribution in [0, 0.1) is 6.92 Å². The molecule has 1 heterocycles. The Bertz CT molecular complexity index is 707. The molecule has 0 saturated carbocycles. The smallest absolute Gasteiger partial charge is 0.252 e. The molecular weight excluding hydrogens is 294 g/mol. The highest BCUT2D eigenvalue weighted by molar-refractivity contribution is 7.91. The number of sulfonamides is 1. The summed E-state index contributed by atoms with van der Waals surface area (Å²) in [7, 11) is -2.01. The molecule has 20 heavy (non-hydrogen) atoms. The largest absolute Gasteiger partial charge is 0.508 e. The van der Waals surface area contributed by atoms with Crippen LogP contribution in [0.1, 0.15) is 23.4 Å². The summed E-state index contributed by atoms with van der Waals surface area (Å²) in [5.74, 6) is 0.101. The third-order valence-corrected chi connectivity index (χ3v) is 6.68. The highest BCUT2D eigenvalue weighted by atomic mass is 32.2. The molecule has 0 aliphatic rings. The molecular formula is C14H17NO3S2. The first-order valence-corrected chi connectivity index (χ1v) is 8.42. The van der Waals surface area contributed by atoms with Gasteiger partial charge in [0.25, 0.3) is 10.0 Å². The van der Waals surface area contributed by atoms with Gasteiger partial charge >= 0.3 is 0 Å². The quantitative estimate of drug-likeness (QED) is 0.943. The lowest BCUT2D eigenvalue weighted by Crippen LogP contribution is -2.29. The van der Waals surface area contributed by atoms with Crippen molar-refractivity contribution in [2.24, 2.45) is 0 Å². The van der Waals surface area contributed by atoms with Gasteiger partial charge < -0.3 is 5.11 Å². The lowest BCUT2D eigenvalue weighted by atomic mass is 10.1. The zero-order valence-electron chi connectivity index (χ0n) is 11.6. The Balaban J connectivity index is 2.36. The SMILES string of the molecule is Cc1ccc(S(=O)(=O)N(C)C(C)c2ccccc2O)s1. The first kappa shape index (κ1) is 15.0. The van der Waals surface area contributed by atoms with Gasteiger partial charge in [-0.05, 0) is 32.0 Å². The van der Waals surface area contributed by atoms with Gasteiger partial charge in [0.1, 0.15) is 9.96 Å². The van der Waals surface area contributed by atoms with Crippen LogP contribution in [-0.2, 0) is 10.0 Å². The number of phenolic OH excluding ortho intramolecular Hbond substituents is 1. The number of benzene rings is 1. The van der Waals surface area contributed by atoms with Crippen molar-refractivity contribution in [1.29, 1.82) is 0 Å². The van der Waals surface area contributed by atoms with Gasteiger partial charge in [-0.25, -0.2) is 8.42 Å². The molecule has 0 saturated heterocycles. The molecule has 2 aromatic rings. The first-order valence-electron chi connectivity index (χ1n) is 6.16. The number of thiophene rings is 1. The lowest BCUT2D eigenvalue weighted by Gasteiger charge is -2.24. The maximum atomic E-state index is 12.5. The van der Waals surface area contributed by atoms with Crippen molar-refractivity contribution in [3.05, 3.63) is 46.8 Å². The monoisotopic (exact) mass is 311 g/mol. The van der Waals surface area contributed by atoms with Gasteiger partial charge in [0.05, 0.1) is 6.04 Å². The van der Waals surface area contributed by atoms with Gasteiger partial charge in [-0.3, -0.25) is 0 Å². The van der Waals surface area contributed by atoms with Crippen LogP contribution in [0.3, 0.4) is 0 Å². The van der Waals surface area contributed by atoms with Gasteiger partial charge in [-0.2, -0.15) is 4.31 Å². The van der Waals surface area contributed by atoms with Crippen molar-refractivity contribution in [2.45, 2.75) is 24.1 Å². The van der Waals surface area contributed by atoms with Gasteiger partial charge in [-0.1, -0.05) is 18.2 Å². The molecule has 1 aromatic carbocycles. The summed E-state index contributed by atoms with van der Waals surface area (Å²) >= 11 is 1.25. The maximum Gasteiger partial charge on any atom is 0.252 e. The molecule has 1 aromatic heterocycles.